The summed E-state index contributed by atoms with van der Waals surface area (Å²) in [6.45, 7) is 14.6. The molecule has 3 atom stereocenters. The van der Waals surface area contributed by atoms with E-state index in [1.807, 2.05) is 0 Å². The highest BCUT2D eigenvalue weighted by Crippen LogP contribution is 2.43. The highest BCUT2D eigenvalue weighted by molar-refractivity contribution is 4.93. The summed E-state index contributed by atoms with van der Waals surface area (Å²) >= 11 is 0. The van der Waals surface area contributed by atoms with E-state index in [1.165, 1.54) is 6.42 Å². The Labute approximate surface area is 82.9 Å². The minimum absolute atomic E-state index is 0.0684. The van der Waals surface area contributed by atoms with Crippen LogP contribution in [0.25, 0.3) is 0 Å². The highest BCUT2D eigenvalue weighted by Gasteiger charge is 2.43. The molecule has 1 nitrogen and oxygen atoms in total. The highest BCUT2D eigenvalue weighted by atomic mass is 16.5. The maximum atomic E-state index is 6.01. The Morgan fingerprint density at radius 1 is 1.15 bits per heavy atom. The number of hydrogen-bond donors (Lipinski definition) is 0. The van der Waals surface area contributed by atoms with Gasteiger partial charge in [-0.05, 0) is 30.6 Å². The quantitative estimate of drug-likeness (QED) is 0.560. The first-order valence-corrected chi connectivity index (χ1v) is 5.40. The second-order valence-corrected chi connectivity index (χ2v) is 5.95. The minimum Gasteiger partial charge on any atom is -0.374 e. The molecule has 0 aliphatic carbocycles. The molecular formula is C12H24O. The van der Waals surface area contributed by atoms with Gasteiger partial charge in [-0.25, -0.2) is 0 Å². The van der Waals surface area contributed by atoms with E-state index in [4.69, 9.17) is 4.74 Å². The molecule has 0 radical (unpaired) electrons. The maximum Gasteiger partial charge on any atom is 0.0705 e. The van der Waals surface area contributed by atoms with Crippen LogP contribution in [0, 0.1) is 17.3 Å². The van der Waals surface area contributed by atoms with Crippen molar-refractivity contribution in [1.82, 2.24) is 0 Å². The molecule has 13 heavy (non-hydrogen) atoms. The van der Waals surface area contributed by atoms with Crippen molar-refractivity contribution < 1.29 is 4.74 Å². The fraction of sp³-hybridized carbons (Fsp3) is 1.00. The SMILES string of the molecule is CC1COC(C)(C(C)(C)C)CC1C. The van der Waals surface area contributed by atoms with Gasteiger partial charge in [0.25, 0.3) is 0 Å². The molecule has 1 rings (SSSR count). The summed E-state index contributed by atoms with van der Waals surface area (Å²) in [7, 11) is 0. The third-order valence-corrected chi connectivity index (χ3v) is 3.93. The van der Waals surface area contributed by atoms with Crippen molar-refractivity contribution >= 4 is 0 Å². The van der Waals surface area contributed by atoms with Gasteiger partial charge in [0.1, 0.15) is 0 Å². The van der Waals surface area contributed by atoms with E-state index in [-0.39, 0.29) is 11.0 Å². The van der Waals surface area contributed by atoms with Crippen molar-refractivity contribution in [2.24, 2.45) is 17.3 Å². The van der Waals surface area contributed by atoms with Crippen LogP contribution in [0.3, 0.4) is 0 Å². The molecule has 1 saturated heterocycles. The van der Waals surface area contributed by atoms with Gasteiger partial charge in [-0.2, -0.15) is 0 Å². The van der Waals surface area contributed by atoms with E-state index >= 15 is 0 Å². The lowest BCUT2D eigenvalue weighted by Crippen LogP contribution is -2.49. The summed E-state index contributed by atoms with van der Waals surface area (Å²) in [5.41, 5.74) is 0.320. The summed E-state index contributed by atoms with van der Waals surface area (Å²) in [6, 6.07) is 0. The van der Waals surface area contributed by atoms with Gasteiger partial charge >= 0.3 is 0 Å². The number of hydrogen-bond acceptors (Lipinski definition) is 1. The summed E-state index contributed by atoms with van der Waals surface area (Å²) in [4.78, 5) is 0. The topological polar surface area (TPSA) is 9.23 Å². The van der Waals surface area contributed by atoms with Crippen LogP contribution < -0.4 is 0 Å². The van der Waals surface area contributed by atoms with Gasteiger partial charge in [0.15, 0.2) is 0 Å². The first kappa shape index (κ1) is 11.0. The zero-order valence-corrected chi connectivity index (χ0v) is 9.98. The Morgan fingerprint density at radius 3 is 2.08 bits per heavy atom. The van der Waals surface area contributed by atoms with Gasteiger partial charge in [-0.1, -0.05) is 34.6 Å². The van der Waals surface area contributed by atoms with Crippen molar-refractivity contribution in [2.45, 2.75) is 53.6 Å². The molecule has 1 heteroatoms. The zero-order valence-electron chi connectivity index (χ0n) is 9.98. The van der Waals surface area contributed by atoms with Crippen LogP contribution in [0.15, 0.2) is 0 Å². The fourth-order valence-corrected chi connectivity index (χ4v) is 1.88. The van der Waals surface area contributed by atoms with E-state index in [1.54, 1.807) is 0 Å². The van der Waals surface area contributed by atoms with E-state index in [9.17, 15) is 0 Å². The molecule has 0 aromatic rings. The Hall–Kier alpha value is -0.0400. The summed E-state index contributed by atoms with van der Waals surface area (Å²) < 4.78 is 6.01. The molecule has 3 unspecified atom stereocenters. The smallest absolute Gasteiger partial charge is 0.0705 e. The van der Waals surface area contributed by atoms with Crippen LogP contribution in [0.1, 0.15) is 48.0 Å². The third kappa shape index (κ3) is 2.07. The molecule has 0 N–H and O–H groups in total. The lowest BCUT2D eigenvalue weighted by Gasteiger charge is -2.48. The lowest BCUT2D eigenvalue weighted by molar-refractivity contribution is -0.161. The molecule has 0 bridgehead atoms. The summed E-state index contributed by atoms with van der Waals surface area (Å²) in [6.07, 6.45) is 1.19. The van der Waals surface area contributed by atoms with Gasteiger partial charge in [-0.15, -0.1) is 0 Å². The maximum absolute atomic E-state index is 6.01. The third-order valence-electron chi connectivity index (χ3n) is 3.93. The average molecular weight is 184 g/mol. The van der Waals surface area contributed by atoms with Gasteiger partial charge in [-0.3, -0.25) is 0 Å². The van der Waals surface area contributed by atoms with Crippen LogP contribution in [-0.2, 0) is 4.74 Å². The number of rotatable bonds is 0. The van der Waals surface area contributed by atoms with E-state index < -0.39 is 0 Å². The van der Waals surface area contributed by atoms with Crippen molar-refractivity contribution in [2.75, 3.05) is 6.61 Å². The summed E-state index contributed by atoms with van der Waals surface area (Å²) in [5.74, 6) is 1.51. The Kier molecular flexibility index (Phi) is 2.78. The largest absolute Gasteiger partial charge is 0.374 e. The molecule has 0 aromatic carbocycles. The van der Waals surface area contributed by atoms with Crippen LogP contribution in [0.4, 0.5) is 0 Å². The van der Waals surface area contributed by atoms with E-state index in [2.05, 4.69) is 41.5 Å². The molecular weight excluding hydrogens is 160 g/mol. The van der Waals surface area contributed by atoms with Crippen LogP contribution in [0.2, 0.25) is 0 Å². The Morgan fingerprint density at radius 2 is 1.69 bits per heavy atom. The molecule has 1 aliphatic heterocycles. The average Bonchev–Trinajstić information content (AvgIpc) is 1.95. The molecule has 0 aromatic heterocycles. The fourth-order valence-electron chi connectivity index (χ4n) is 1.88. The summed E-state index contributed by atoms with van der Waals surface area (Å²) in [5, 5.41) is 0. The monoisotopic (exact) mass is 184 g/mol. The van der Waals surface area contributed by atoms with Crippen molar-refractivity contribution in [1.29, 1.82) is 0 Å². The molecule has 0 spiro atoms. The molecule has 1 fully saturated rings. The predicted octanol–water partition coefficient (Wildman–Crippen LogP) is 3.48. The van der Waals surface area contributed by atoms with Crippen LogP contribution in [-0.4, -0.2) is 12.2 Å². The van der Waals surface area contributed by atoms with Gasteiger partial charge < -0.3 is 4.74 Å². The van der Waals surface area contributed by atoms with E-state index in [0.717, 1.165) is 18.4 Å². The number of ether oxygens (including phenoxy) is 1. The first-order valence-electron chi connectivity index (χ1n) is 5.40. The second kappa shape index (κ2) is 3.27. The molecule has 0 saturated carbocycles. The zero-order chi connectivity index (χ0) is 10.3. The van der Waals surface area contributed by atoms with Crippen LogP contribution in [0.5, 0.6) is 0 Å². The Bertz CT molecular complexity index is 180. The Balaban J connectivity index is 2.73. The van der Waals surface area contributed by atoms with Crippen LogP contribution >= 0.6 is 0 Å². The van der Waals surface area contributed by atoms with Crippen molar-refractivity contribution in [3.05, 3.63) is 0 Å². The molecule has 78 valence electrons. The second-order valence-electron chi connectivity index (χ2n) is 5.95. The van der Waals surface area contributed by atoms with Gasteiger partial charge in [0.05, 0.1) is 12.2 Å². The first-order chi connectivity index (χ1) is 5.76. The van der Waals surface area contributed by atoms with E-state index in [0.29, 0.717) is 0 Å². The standard InChI is InChI=1S/C12H24O/c1-9-7-12(6,11(3,4)5)13-8-10(9)2/h9-10H,7-8H2,1-6H3. The predicted molar refractivity (Wildman–Crippen MR) is 56.8 cm³/mol. The van der Waals surface area contributed by atoms with Crippen molar-refractivity contribution in [3.8, 4) is 0 Å². The normalized spacial score (nSPS) is 42.0. The van der Waals surface area contributed by atoms with Gasteiger partial charge in [0.2, 0.25) is 0 Å². The molecule has 1 heterocycles. The molecule has 1 aliphatic rings. The van der Waals surface area contributed by atoms with Crippen molar-refractivity contribution in [3.63, 3.8) is 0 Å². The lowest BCUT2D eigenvalue weighted by atomic mass is 9.69. The molecule has 0 amide bonds. The minimum atomic E-state index is 0.0684. The van der Waals surface area contributed by atoms with Gasteiger partial charge in [0, 0.05) is 0 Å².